The van der Waals surface area contributed by atoms with Crippen LogP contribution >= 0.6 is 0 Å². The number of aromatic nitrogens is 4. The lowest BCUT2D eigenvalue weighted by Crippen LogP contribution is -2.32. The summed E-state index contributed by atoms with van der Waals surface area (Å²) in [5.74, 6) is -0.484. The first-order chi connectivity index (χ1) is 14.1. The lowest BCUT2D eigenvalue weighted by molar-refractivity contribution is -0.117. The molecule has 0 saturated carbocycles. The summed E-state index contributed by atoms with van der Waals surface area (Å²) in [5, 5.41) is 9.40. The Morgan fingerprint density at radius 1 is 1.13 bits per heavy atom. The first kappa shape index (κ1) is 21.3. The van der Waals surface area contributed by atoms with E-state index in [1.54, 1.807) is 26.0 Å². The molecule has 0 spiro atoms. The second-order valence-electron chi connectivity index (χ2n) is 6.80. The highest BCUT2D eigenvalue weighted by molar-refractivity contribution is 7.92. The van der Waals surface area contributed by atoms with E-state index in [0.717, 1.165) is 0 Å². The number of nitrogens with zero attached hydrogens (tertiary/aromatic N) is 4. The molecule has 0 aliphatic heterocycles. The molecule has 2 aromatic heterocycles. The summed E-state index contributed by atoms with van der Waals surface area (Å²) in [6.07, 6.45) is 1.44. The molecular weight excluding hydrogens is 410 g/mol. The number of sulfone groups is 1. The van der Waals surface area contributed by atoms with Gasteiger partial charge in [-0.15, -0.1) is 5.10 Å². The van der Waals surface area contributed by atoms with Crippen molar-refractivity contribution >= 4 is 27.6 Å². The predicted octanol–water partition coefficient (Wildman–Crippen LogP) is 1.24. The van der Waals surface area contributed by atoms with Crippen LogP contribution in [0.25, 0.3) is 22.8 Å². The molecule has 0 saturated heterocycles. The second-order valence-corrected chi connectivity index (χ2v) is 9.30. The van der Waals surface area contributed by atoms with E-state index in [4.69, 9.17) is 15.9 Å². The van der Waals surface area contributed by atoms with E-state index in [0.29, 0.717) is 11.3 Å². The molecule has 1 unspecified atom stereocenters. The number of carbonyl (C=O) groups excluding carboxylic acids is 1. The van der Waals surface area contributed by atoms with E-state index in [9.17, 15) is 13.2 Å². The molecule has 1 amide bonds. The van der Waals surface area contributed by atoms with Gasteiger partial charge in [-0.1, -0.05) is 17.2 Å². The van der Waals surface area contributed by atoms with Crippen molar-refractivity contribution in [1.82, 2.24) is 20.2 Å². The average molecular weight is 431 g/mol. The third kappa shape index (κ3) is 4.28. The number of hydrogen-bond donors (Lipinski definition) is 3. The Kier molecular flexibility index (Phi) is 5.80. The SMILES string of the molecule is CC(N)C(=O)Nc1nnc(-c2nc(-c3ccc(S(=O)(=O)C(C)C)cc3)cnc2N)o1. The average Bonchev–Trinajstić information content (AvgIpc) is 3.16. The van der Waals surface area contributed by atoms with Crippen LogP contribution in [0.3, 0.4) is 0 Å². The summed E-state index contributed by atoms with van der Waals surface area (Å²) in [7, 11) is -3.38. The summed E-state index contributed by atoms with van der Waals surface area (Å²) < 4.78 is 29.9. The normalized spacial score (nSPS) is 12.7. The van der Waals surface area contributed by atoms with Crippen LogP contribution in [0.1, 0.15) is 20.8 Å². The topological polar surface area (TPSA) is 180 Å². The molecule has 158 valence electrons. The molecule has 1 atom stereocenters. The highest BCUT2D eigenvalue weighted by Crippen LogP contribution is 2.27. The maximum Gasteiger partial charge on any atom is 0.322 e. The van der Waals surface area contributed by atoms with Gasteiger partial charge in [0, 0.05) is 5.56 Å². The zero-order valence-electron chi connectivity index (χ0n) is 16.5. The summed E-state index contributed by atoms with van der Waals surface area (Å²) in [5.41, 5.74) is 12.5. The predicted molar refractivity (Wildman–Crippen MR) is 110 cm³/mol. The number of hydrogen-bond acceptors (Lipinski definition) is 10. The van der Waals surface area contributed by atoms with Crippen LogP contribution in [0.5, 0.6) is 0 Å². The Morgan fingerprint density at radius 2 is 1.80 bits per heavy atom. The van der Waals surface area contributed by atoms with Gasteiger partial charge >= 0.3 is 6.01 Å². The van der Waals surface area contributed by atoms with Gasteiger partial charge in [0.15, 0.2) is 21.3 Å². The van der Waals surface area contributed by atoms with Crippen molar-refractivity contribution < 1.29 is 17.6 Å². The van der Waals surface area contributed by atoms with E-state index < -0.39 is 27.0 Å². The molecule has 0 radical (unpaired) electrons. The van der Waals surface area contributed by atoms with Gasteiger partial charge in [0.05, 0.1) is 28.1 Å². The smallest absolute Gasteiger partial charge is 0.322 e. The minimum absolute atomic E-state index is 0.0409. The molecule has 0 aliphatic carbocycles. The highest BCUT2D eigenvalue weighted by atomic mass is 32.2. The number of rotatable bonds is 6. The molecule has 12 heteroatoms. The number of anilines is 2. The van der Waals surface area contributed by atoms with Crippen molar-refractivity contribution in [1.29, 1.82) is 0 Å². The van der Waals surface area contributed by atoms with Crippen LogP contribution in [0.4, 0.5) is 11.8 Å². The number of benzene rings is 1. The lowest BCUT2D eigenvalue weighted by Gasteiger charge is -2.09. The third-order valence-electron chi connectivity index (χ3n) is 4.17. The molecule has 2 heterocycles. The minimum atomic E-state index is -3.38. The fraction of sp³-hybridized carbons (Fsp3) is 0.278. The van der Waals surface area contributed by atoms with Crippen molar-refractivity contribution in [3.63, 3.8) is 0 Å². The van der Waals surface area contributed by atoms with Gasteiger partial charge in [0.1, 0.15) is 0 Å². The Morgan fingerprint density at radius 3 is 2.40 bits per heavy atom. The molecule has 5 N–H and O–H groups in total. The summed E-state index contributed by atoms with van der Waals surface area (Å²) in [6.45, 7) is 4.75. The van der Waals surface area contributed by atoms with Gasteiger partial charge in [-0.25, -0.2) is 18.4 Å². The second kappa shape index (κ2) is 8.16. The van der Waals surface area contributed by atoms with Crippen LogP contribution in [0.15, 0.2) is 39.8 Å². The van der Waals surface area contributed by atoms with Crippen molar-refractivity contribution in [2.75, 3.05) is 11.1 Å². The van der Waals surface area contributed by atoms with Crippen molar-refractivity contribution in [3.8, 4) is 22.8 Å². The molecule has 0 fully saturated rings. The highest BCUT2D eigenvalue weighted by Gasteiger charge is 2.20. The fourth-order valence-corrected chi connectivity index (χ4v) is 3.43. The van der Waals surface area contributed by atoms with Gasteiger partial charge in [0.2, 0.25) is 5.91 Å². The molecule has 11 nitrogen and oxygen atoms in total. The Labute approximate surface area is 172 Å². The molecule has 30 heavy (non-hydrogen) atoms. The molecule has 3 rings (SSSR count). The Balaban J connectivity index is 1.91. The standard InChI is InChI=1S/C18H21N7O4S/c1-9(2)30(27,28)12-6-4-11(5-7-12)13-8-21-15(20)14(22-13)17-24-25-18(29-17)23-16(26)10(3)19/h4-10H,19H2,1-3H3,(H2,20,21)(H,23,25,26). The van der Waals surface area contributed by atoms with Crippen LogP contribution < -0.4 is 16.8 Å². The van der Waals surface area contributed by atoms with Crippen LogP contribution in [-0.4, -0.2) is 45.8 Å². The van der Waals surface area contributed by atoms with Crippen molar-refractivity contribution in [2.45, 2.75) is 37.0 Å². The van der Waals surface area contributed by atoms with Crippen LogP contribution in [0.2, 0.25) is 0 Å². The molecule has 0 bridgehead atoms. The molecular formula is C18H21N7O4S. The Bertz CT molecular complexity index is 1170. The van der Waals surface area contributed by atoms with E-state index in [1.165, 1.54) is 25.3 Å². The van der Waals surface area contributed by atoms with Gasteiger partial charge in [-0.3, -0.25) is 10.1 Å². The van der Waals surface area contributed by atoms with Crippen LogP contribution in [0, 0.1) is 0 Å². The van der Waals surface area contributed by atoms with E-state index in [1.807, 2.05) is 0 Å². The number of nitrogens with one attached hydrogen (secondary N) is 1. The summed E-state index contributed by atoms with van der Waals surface area (Å²) in [6, 6.07) is 5.37. The summed E-state index contributed by atoms with van der Waals surface area (Å²) >= 11 is 0. The maximum absolute atomic E-state index is 12.3. The van der Waals surface area contributed by atoms with Gasteiger partial charge in [-0.05, 0) is 32.9 Å². The summed E-state index contributed by atoms with van der Waals surface area (Å²) in [4.78, 5) is 20.4. The number of nitrogens with two attached hydrogens (primary N) is 2. The molecule has 0 aliphatic rings. The van der Waals surface area contributed by atoms with E-state index >= 15 is 0 Å². The number of nitrogen functional groups attached to an aromatic ring is 1. The van der Waals surface area contributed by atoms with Gasteiger partial charge in [-0.2, -0.15) is 0 Å². The first-order valence-electron chi connectivity index (χ1n) is 8.96. The fourth-order valence-electron chi connectivity index (χ4n) is 2.37. The van der Waals surface area contributed by atoms with Crippen molar-refractivity contribution in [3.05, 3.63) is 30.5 Å². The van der Waals surface area contributed by atoms with Crippen LogP contribution in [-0.2, 0) is 14.6 Å². The lowest BCUT2D eigenvalue weighted by atomic mass is 10.1. The zero-order chi connectivity index (χ0) is 22.1. The number of carbonyl (C=O) groups is 1. The van der Waals surface area contributed by atoms with Gasteiger partial charge in [0.25, 0.3) is 5.89 Å². The monoisotopic (exact) mass is 431 g/mol. The largest absolute Gasteiger partial charge is 0.401 e. The van der Waals surface area contributed by atoms with E-state index in [-0.39, 0.29) is 28.3 Å². The maximum atomic E-state index is 12.3. The van der Waals surface area contributed by atoms with E-state index in [2.05, 4.69) is 25.5 Å². The third-order valence-corrected chi connectivity index (χ3v) is 6.34. The Hall–Kier alpha value is -3.38. The van der Waals surface area contributed by atoms with Gasteiger partial charge < -0.3 is 15.9 Å². The first-order valence-corrected chi connectivity index (χ1v) is 10.5. The number of amides is 1. The zero-order valence-corrected chi connectivity index (χ0v) is 17.3. The molecule has 3 aromatic rings. The minimum Gasteiger partial charge on any atom is -0.401 e. The molecule has 1 aromatic carbocycles. The quantitative estimate of drug-likeness (QED) is 0.514. The van der Waals surface area contributed by atoms with Crippen molar-refractivity contribution in [2.24, 2.45) is 5.73 Å².